The minimum atomic E-state index is 0.0568. The van der Waals surface area contributed by atoms with Crippen LogP contribution in [0, 0.1) is 0 Å². The van der Waals surface area contributed by atoms with Crippen molar-refractivity contribution in [2.24, 2.45) is 0 Å². The predicted molar refractivity (Wildman–Crippen MR) is 109 cm³/mol. The Kier molecular flexibility index (Phi) is 6.64. The van der Waals surface area contributed by atoms with Gasteiger partial charge < -0.3 is 0 Å². The third-order valence-corrected chi connectivity index (χ3v) is 5.56. The van der Waals surface area contributed by atoms with Crippen molar-refractivity contribution < 1.29 is 4.79 Å². The normalized spacial score (nSPS) is 17.2. The van der Waals surface area contributed by atoms with Gasteiger partial charge in [-0.2, -0.15) is 0 Å². The van der Waals surface area contributed by atoms with Crippen LogP contribution in [0.2, 0.25) is 0 Å². The molecule has 0 radical (unpaired) electrons. The Morgan fingerprint density at radius 2 is 1.79 bits per heavy atom. The van der Waals surface area contributed by atoms with Crippen molar-refractivity contribution >= 4 is 40.3 Å². The molecule has 1 fully saturated rings. The fraction of sp³-hybridized carbons (Fsp3) is 0.500. The van der Waals surface area contributed by atoms with Crippen molar-refractivity contribution in [3.8, 4) is 0 Å². The number of carbonyl (C=O) groups is 1. The van der Waals surface area contributed by atoms with Crippen LogP contribution in [0.3, 0.4) is 0 Å². The molecule has 0 N–H and O–H groups in total. The van der Waals surface area contributed by atoms with Crippen LogP contribution in [0.5, 0.6) is 0 Å². The fourth-order valence-electron chi connectivity index (χ4n) is 2.62. The van der Waals surface area contributed by atoms with Crippen molar-refractivity contribution in [3.05, 3.63) is 40.3 Å². The number of thiocarbonyl (C=S) groups is 1. The number of hydrogen-bond donors (Lipinski definition) is 0. The zero-order chi connectivity index (χ0) is 17.7. The first-order valence-corrected chi connectivity index (χ1v) is 9.91. The molecule has 1 heterocycles. The van der Waals surface area contributed by atoms with Gasteiger partial charge in [0.2, 0.25) is 0 Å². The zero-order valence-corrected chi connectivity index (χ0v) is 16.7. The third-order valence-electron chi connectivity index (χ3n) is 4.18. The maximum absolute atomic E-state index is 12.6. The predicted octanol–water partition coefficient (Wildman–Crippen LogP) is 5.77. The van der Waals surface area contributed by atoms with E-state index < -0.39 is 0 Å². The van der Waals surface area contributed by atoms with Gasteiger partial charge in [-0.15, -0.1) is 0 Å². The van der Waals surface area contributed by atoms with Gasteiger partial charge in [-0.1, -0.05) is 95.2 Å². The van der Waals surface area contributed by atoms with Gasteiger partial charge in [0.1, 0.15) is 4.32 Å². The molecule has 1 saturated heterocycles. The van der Waals surface area contributed by atoms with Crippen LogP contribution >= 0.6 is 24.0 Å². The van der Waals surface area contributed by atoms with Gasteiger partial charge in [0.25, 0.3) is 5.91 Å². The summed E-state index contributed by atoms with van der Waals surface area (Å²) in [6.45, 7) is 9.53. The summed E-state index contributed by atoms with van der Waals surface area (Å²) in [6.07, 6.45) is 6.54. The van der Waals surface area contributed by atoms with Gasteiger partial charge in [-0.25, -0.2) is 0 Å². The van der Waals surface area contributed by atoms with Gasteiger partial charge >= 0.3 is 0 Å². The highest BCUT2D eigenvalue weighted by atomic mass is 32.2. The van der Waals surface area contributed by atoms with E-state index in [0.717, 1.165) is 29.9 Å². The summed E-state index contributed by atoms with van der Waals surface area (Å²) in [5.41, 5.74) is 2.48. The summed E-state index contributed by atoms with van der Waals surface area (Å²) < 4.78 is 0.689. The van der Waals surface area contributed by atoms with E-state index in [9.17, 15) is 4.79 Å². The quantitative estimate of drug-likeness (QED) is 0.365. The number of benzene rings is 1. The van der Waals surface area contributed by atoms with E-state index in [1.165, 1.54) is 30.2 Å². The maximum atomic E-state index is 12.6. The smallest absolute Gasteiger partial charge is 0.266 e. The Balaban J connectivity index is 2.05. The topological polar surface area (TPSA) is 20.3 Å². The second-order valence-corrected chi connectivity index (χ2v) is 8.94. The van der Waals surface area contributed by atoms with Crippen LogP contribution in [-0.2, 0) is 10.2 Å². The van der Waals surface area contributed by atoms with Crippen LogP contribution < -0.4 is 0 Å². The molecule has 0 unspecified atom stereocenters. The zero-order valence-electron chi connectivity index (χ0n) is 15.1. The summed E-state index contributed by atoms with van der Waals surface area (Å²) in [5, 5.41) is 0. The number of unbranched alkanes of at least 4 members (excludes halogenated alkanes) is 3. The Morgan fingerprint density at radius 1 is 1.12 bits per heavy atom. The Morgan fingerprint density at radius 3 is 2.38 bits per heavy atom. The number of carbonyl (C=O) groups excluding carboxylic acids is 1. The van der Waals surface area contributed by atoms with Crippen LogP contribution in [0.1, 0.15) is 64.5 Å². The van der Waals surface area contributed by atoms with E-state index >= 15 is 0 Å². The molecule has 24 heavy (non-hydrogen) atoms. The lowest BCUT2D eigenvalue weighted by molar-refractivity contribution is -0.122. The highest BCUT2D eigenvalue weighted by Gasteiger charge is 2.31. The molecule has 2 rings (SSSR count). The van der Waals surface area contributed by atoms with Crippen molar-refractivity contribution in [1.82, 2.24) is 4.90 Å². The average Bonchev–Trinajstić information content (AvgIpc) is 2.78. The van der Waals surface area contributed by atoms with Crippen LogP contribution in [-0.4, -0.2) is 21.7 Å². The minimum absolute atomic E-state index is 0.0568. The number of hydrogen-bond acceptors (Lipinski definition) is 3. The Hall–Kier alpha value is -1.13. The summed E-state index contributed by atoms with van der Waals surface area (Å²) in [5.74, 6) is 0.0568. The van der Waals surface area contributed by atoms with Crippen molar-refractivity contribution in [2.75, 3.05) is 6.54 Å². The molecule has 4 heteroatoms. The lowest BCUT2D eigenvalue weighted by atomic mass is 9.87. The molecule has 1 aliphatic rings. The molecular weight excluding hydrogens is 334 g/mol. The molecule has 0 aromatic heterocycles. The molecule has 0 saturated carbocycles. The first-order chi connectivity index (χ1) is 11.3. The number of rotatable bonds is 6. The molecule has 0 atom stereocenters. The van der Waals surface area contributed by atoms with Crippen molar-refractivity contribution in [3.63, 3.8) is 0 Å². The largest absolute Gasteiger partial charge is 0.293 e. The summed E-state index contributed by atoms with van der Waals surface area (Å²) in [4.78, 5) is 15.0. The maximum Gasteiger partial charge on any atom is 0.266 e. The molecule has 1 aromatic rings. The Bertz CT molecular complexity index is 626. The van der Waals surface area contributed by atoms with Gasteiger partial charge in [0, 0.05) is 6.54 Å². The molecule has 1 aromatic carbocycles. The summed E-state index contributed by atoms with van der Waals surface area (Å²) in [7, 11) is 0. The van der Waals surface area contributed by atoms with E-state index in [1.807, 2.05) is 6.08 Å². The van der Waals surface area contributed by atoms with Gasteiger partial charge in [-0.05, 0) is 29.0 Å². The number of amides is 1. The standard InChI is InChI=1S/C20H27NOS2/c1-5-6-7-8-13-21-18(22)17(24-19(21)23)14-15-9-11-16(12-10-15)20(2,3)4/h9-12,14H,5-8,13H2,1-4H3. The minimum Gasteiger partial charge on any atom is -0.293 e. The number of thioether (sulfide) groups is 1. The lowest BCUT2D eigenvalue weighted by Gasteiger charge is -2.18. The van der Waals surface area contributed by atoms with Crippen LogP contribution in [0.25, 0.3) is 6.08 Å². The SMILES string of the molecule is CCCCCCN1C(=O)C(=Cc2ccc(C(C)(C)C)cc2)SC1=S. The van der Waals surface area contributed by atoms with E-state index in [4.69, 9.17) is 12.2 Å². The van der Waals surface area contributed by atoms with Crippen molar-refractivity contribution in [1.29, 1.82) is 0 Å². The Labute approximate surface area is 155 Å². The van der Waals surface area contributed by atoms with E-state index in [2.05, 4.69) is 52.0 Å². The van der Waals surface area contributed by atoms with Gasteiger partial charge in [0.15, 0.2) is 0 Å². The first kappa shape index (κ1) is 19.2. The molecule has 130 valence electrons. The molecular formula is C20H27NOS2. The summed E-state index contributed by atoms with van der Waals surface area (Å²) in [6, 6.07) is 8.43. The fourth-order valence-corrected chi connectivity index (χ4v) is 3.93. The lowest BCUT2D eigenvalue weighted by Crippen LogP contribution is -2.28. The second kappa shape index (κ2) is 8.30. The van der Waals surface area contributed by atoms with Crippen LogP contribution in [0.4, 0.5) is 0 Å². The third kappa shape index (κ3) is 4.93. The molecule has 1 aliphatic heterocycles. The summed E-state index contributed by atoms with van der Waals surface area (Å²) >= 11 is 6.80. The highest BCUT2D eigenvalue weighted by Crippen LogP contribution is 2.33. The molecule has 0 aliphatic carbocycles. The van der Waals surface area contributed by atoms with Crippen molar-refractivity contribution in [2.45, 2.75) is 58.8 Å². The molecule has 2 nitrogen and oxygen atoms in total. The highest BCUT2D eigenvalue weighted by molar-refractivity contribution is 8.26. The van der Waals surface area contributed by atoms with E-state index in [-0.39, 0.29) is 11.3 Å². The molecule has 1 amide bonds. The second-order valence-electron chi connectivity index (χ2n) is 7.27. The van der Waals surface area contributed by atoms with Crippen LogP contribution in [0.15, 0.2) is 29.2 Å². The number of nitrogens with zero attached hydrogens (tertiary/aromatic N) is 1. The van der Waals surface area contributed by atoms with E-state index in [1.54, 1.807) is 4.90 Å². The molecule has 0 spiro atoms. The molecule has 0 bridgehead atoms. The van der Waals surface area contributed by atoms with E-state index in [0.29, 0.717) is 4.32 Å². The first-order valence-electron chi connectivity index (χ1n) is 8.69. The monoisotopic (exact) mass is 361 g/mol. The van der Waals surface area contributed by atoms with Gasteiger partial charge in [-0.3, -0.25) is 9.69 Å². The average molecular weight is 362 g/mol. The van der Waals surface area contributed by atoms with Gasteiger partial charge in [0.05, 0.1) is 4.91 Å².